The van der Waals surface area contributed by atoms with Crippen LogP contribution < -0.4 is 21.3 Å². The van der Waals surface area contributed by atoms with Crippen LogP contribution in [-0.4, -0.2) is 67.8 Å². The average molecular weight is 607 g/mol. The van der Waals surface area contributed by atoms with E-state index in [0.717, 1.165) is 10.8 Å². The van der Waals surface area contributed by atoms with E-state index in [1.54, 1.807) is 10.00 Å². The molecule has 1 aliphatic heterocycles. The van der Waals surface area contributed by atoms with Gasteiger partial charge in [-0.15, -0.1) is 0 Å². The number of piperazine rings is 1. The van der Waals surface area contributed by atoms with Gasteiger partial charge in [-0.25, -0.2) is 15.1 Å². The molecule has 3 aromatic heterocycles. The highest BCUT2D eigenvalue weighted by Gasteiger charge is 2.38. The molecular weight excluding hydrogens is 586 g/mol. The predicted octanol–water partition coefficient (Wildman–Crippen LogP) is 2.88. The largest absolute Gasteiger partial charge is 0.423 e. The minimum atomic E-state index is -4.97. The fraction of sp³-hybridized carbons (Fsp3) is 0.391. The quantitative estimate of drug-likeness (QED) is 0.324. The first-order chi connectivity index (χ1) is 19.2. The van der Waals surface area contributed by atoms with Gasteiger partial charge < -0.3 is 15.1 Å². The number of anilines is 2. The summed E-state index contributed by atoms with van der Waals surface area (Å²) >= 11 is 6.17. The van der Waals surface area contributed by atoms with E-state index in [9.17, 15) is 40.7 Å². The summed E-state index contributed by atoms with van der Waals surface area (Å²) in [5.74, 6) is -0.572. The van der Waals surface area contributed by atoms with Crippen LogP contribution in [0.1, 0.15) is 28.4 Å². The van der Waals surface area contributed by atoms with Crippen LogP contribution >= 0.6 is 11.6 Å². The van der Waals surface area contributed by atoms with Crippen LogP contribution in [0.4, 0.5) is 38.0 Å². The van der Waals surface area contributed by atoms with Gasteiger partial charge in [0, 0.05) is 51.2 Å². The summed E-state index contributed by atoms with van der Waals surface area (Å²) < 4.78 is 79.3. The van der Waals surface area contributed by atoms with Gasteiger partial charge in [0.2, 0.25) is 5.95 Å². The molecule has 0 aliphatic carbocycles. The number of carbonyl (C=O) groups is 1. The van der Waals surface area contributed by atoms with Gasteiger partial charge in [0.1, 0.15) is 16.3 Å². The molecule has 2 N–H and O–H groups in total. The number of rotatable bonds is 6. The summed E-state index contributed by atoms with van der Waals surface area (Å²) in [5.41, 5.74) is -5.54. The second-order valence-electron chi connectivity index (χ2n) is 9.07. The zero-order chi connectivity index (χ0) is 30.1. The molecule has 1 amide bonds. The van der Waals surface area contributed by atoms with E-state index in [0.29, 0.717) is 12.4 Å². The van der Waals surface area contributed by atoms with E-state index in [1.807, 2.05) is 0 Å². The Hall–Kier alpha value is -4.15. The van der Waals surface area contributed by atoms with Gasteiger partial charge in [-0.3, -0.25) is 19.0 Å². The third-order valence-corrected chi connectivity index (χ3v) is 6.49. The summed E-state index contributed by atoms with van der Waals surface area (Å²) in [6.07, 6.45) is -7.42. The average Bonchev–Trinajstić information content (AvgIpc) is 2.90. The number of hydrogen-bond acceptors (Lipinski definition) is 8. The van der Waals surface area contributed by atoms with Crippen molar-refractivity contribution in [3.8, 4) is 0 Å². The molecule has 1 atom stereocenters. The van der Waals surface area contributed by atoms with Crippen molar-refractivity contribution in [3.05, 3.63) is 73.3 Å². The number of nitrogens with one attached hydrogen (secondary N) is 2. The van der Waals surface area contributed by atoms with Gasteiger partial charge in [-0.1, -0.05) is 11.6 Å². The number of amides is 1. The van der Waals surface area contributed by atoms with Gasteiger partial charge in [0.25, 0.3) is 17.0 Å². The highest BCUT2D eigenvalue weighted by molar-refractivity contribution is 6.29. The Labute approximate surface area is 231 Å². The van der Waals surface area contributed by atoms with E-state index >= 15 is 0 Å². The first kappa shape index (κ1) is 29.8. The normalized spacial score (nSPS) is 15.1. The standard InChI is InChI=1S/C23H21ClF6N8O3/c1-12(34-15-10-33-35-18(39)17(15)23(28,29)30)11-38-16(24)3-2-14(20(38)41)19(40)36-4-6-37(7-5-36)21-31-8-13(9-32-21)22(25,26)27/h2-3,8-10,12H,4-7,11H2,1H3,(H2,34,35,39). The van der Waals surface area contributed by atoms with Crippen molar-refractivity contribution in [2.45, 2.75) is 31.9 Å². The molecule has 3 aromatic rings. The van der Waals surface area contributed by atoms with Crippen LogP contribution in [0.3, 0.4) is 0 Å². The number of carbonyl (C=O) groups excluding carboxylic acids is 1. The minimum Gasteiger partial charge on any atom is -0.379 e. The van der Waals surface area contributed by atoms with Crippen molar-refractivity contribution in [3.63, 3.8) is 0 Å². The molecule has 4 heterocycles. The first-order valence-electron chi connectivity index (χ1n) is 11.9. The number of nitrogens with zero attached hydrogens (tertiary/aromatic N) is 6. The second-order valence-corrected chi connectivity index (χ2v) is 9.45. The summed E-state index contributed by atoms with van der Waals surface area (Å²) in [6.45, 7) is 1.78. The first-order valence-corrected chi connectivity index (χ1v) is 12.3. The zero-order valence-electron chi connectivity index (χ0n) is 21.1. The molecule has 41 heavy (non-hydrogen) atoms. The number of hydrogen-bond donors (Lipinski definition) is 2. The maximum Gasteiger partial charge on any atom is 0.423 e. The topological polar surface area (TPSA) is 129 Å². The molecule has 1 aliphatic rings. The zero-order valence-corrected chi connectivity index (χ0v) is 21.8. The van der Waals surface area contributed by atoms with Crippen LogP contribution in [0.2, 0.25) is 5.15 Å². The minimum absolute atomic E-state index is 0.0599. The Kier molecular flexibility index (Phi) is 8.28. The third kappa shape index (κ3) is 6.61. The molecule has 220 valence electrons. The Morgan fingerprint density at radius 2 is 1.66 bits per heavy atom. The van der Waals surface area contributed by atoms with Crippen molar-refractivity contribution in [2.75, 3.05) is 36.4 Å². The van der Waals surface area contributed by atoms with Crippen molar-refractivity contribution in [2.24, 2.45) is 0 Å². The van der Waals surface area contributed by atoms with Crippen LogP contribution in [-0.2, 0) is 18.9 Å². The van der Waals surface area contributed by atoms with E-state index in [-0.39, 0.29) is 49.4 Å². The lowest BCUT2D eigenvalue weighted by molar-refractivity contribution is -0.139. The highest BCUT2D eigenvalue weighted by Crippen LogP contribution is 2.32. The summed E-state index contributed by atoms with van der Waals surface area (Å²) in [4.78, 5) is 48.5. The maximum absolute atomic E-state index is 13.4. The molecule has 18 heteroatoms. The van der Waals surface area contributed by atoms with Crippen molar-refractivity contribution in [1.29, 1.82) is 0 Å². The third-order valence-electron chi connectivity index (χ3n) is 6.16. The lowest BCUT2D eigenvalue weighted by Gasteiger charge is -2.34. The number of halogens is 7. The highest BCUT2D eigenvalue weighted by atomic mass is 35.5. The van der Waals surface area contributed by atoms with E-state index in [4.69, 9.17) is 11.6 Å². The number of aromatic nitrogens is 5. The Morgan fingerprint density at radius 3 is 2.24 bits per heavy atom. The molecular formula is C23H21ClF6N8O3. The maximum atomic E-state index is 13.4. The van der Waals surface area contributed by atoms with Gasteiger partial charge >= 0.3 is 12.4 Å². The second kappa shape index (κ2) is 11.4. The molecule has 0 radical (unpaired) electrons. The van der Waals surface area contributed by atoms with Gasteiger partial charge in [0.15, 0.2) is 0 Å². The van der Waals surface area contributed by atoms with Gasteiger partial charge in [-0.2, -0.15) is 31.4 Å². The van der Waals surface area contributed by atoms with Crippen molar-refractivity contribution < 1.29 is 31.1 Å². The van der Waals surface area contributed by atoms with Crippen molar-refractivity contribution in [1.82, 2.24) is 29.6 Å². The van der Waals surface area contributed by atoms with Gasteiger partial charge in [0.05, 0.1) is 17.4 Å². The summed E-state index contributed by atoms with van der Waals surface area (Å²) in [6, 6.07) is 1.66. The Morgan fingerprint density at radius 1 is 1.02 bits per heavy atom. The van der Waals surface area contributed by atoms with Gasteiger partial charge in [-0.05, 0) is 19.1 Å². The predicted molar refractivity (Wildman–Crippen MR) is 134 cm³/mol. The number of alkyl halides is 6. The number of pyridine rings is 1. The monoisotopic (exact) mass is 606 g/mol. The fourth-order valence-corrected chi connectivity index (χ4v) is 4.38. The smallest absolute Gasteiger partial charge is 0.379 e. The molecule has 1 unspecified atom stereocenters. The lowest BCUT2D eigenvalue weighted by Crippen LogP contribution is -2.50. The molecule has 1 fully saturated rings. The molecule has 0 saturated carbocycles. The molecule has 0 spiro atoms. The Balaban J connectivity index is 1.46. The SMILES string of the molecule is CC(Cn1c(Cl)ccc(C(=O)N2CCN(c3ncc(C(F)(F)F)cn3)CC2)c1=O)Nc1cn[nH]c(=O)c1C(F)(F)F. The molecule has 11 nitrogen and oxygen atoms in total. The van der Waals surface area contributed by atoms with Crippen LogP contribution in [0.15, 0.2) is 40.3 Å². The number of aromatic amines is 1. The summed E-state index contributed by atoms with van der Waals surface area (Å²) in [5, 5.41) is 7.53. The van der Waals surface area contributed by atoms with E-state index in [1.165, 1.54) is 24.0 Å². The molecule has 4 rings (SSSR count). The molecule has 0 bridgehead atoms. The van der Waals surface area contributed by atoms with E-state index < -0.39 is 52.2 Å². The van der Waals surface area contributed by atoms with Crippen LogP contribution in [0.25, 0.3) is 0 Å². The summed E-state index contributed by atoms with van der Waals surface area (Å²) in [7, 11) is 0. The van der Waals surface area contributed by atoms with Crippen LogP contribution in [0, 0.1) is 0 Å². The number of H-pyrrole nitrogens is 1. The van der Waals surface area contributed by atoms with E-state index in [2.05, 4.69) is 20.4 Å². The lowest BCUT2D eigenvalue weighted by atomic mass is 10.2. The fourth-order valence-electron chi connectivity index (χ4n) is 4.17. The van der Waals surface area contributed by atoms with Crippen molar-refractivity contribution >= 4 is 29.1 Å². The Bertz CT molecular complexity index is 1530. The molecule has 1 saturated heterocycles. The van der Waals surface area contributed by atoms with Crippen LogP contribution in [0.5, 0.6) is 0 Å². The molecule has 0 aromatic carbocycles.